The van der Waals surface area contributed by atoms with Gasteiger partial charge in [0.15, 0.2) is 5.96 Å². The number of allylic oxidation sites excluding steroid dienone is 1. The van der Waals surface area contributed by atoms with Crippen LogP contribution in [0.3, 0.4) is 0 Å². The molecule has 0 aromatic carbocycles. The van der Waals surface area contributed by atoms with Crippen molar-refractivity contribution in [2.75, 3.05) is 45.9 Å². The number of morpholine rings is 1. The van der Waals surface area contributed by atoms with Crippen LogP contribution >= 0.6 is 24.0 Å². The zero-order chi connectivity index (χ0) is 14.8. The van der Waals surface area contributed by atoms with Crippen molar-refractivity contribution in [3.63, 3.8) is 0 Å². The van der Waals surface area contributed by atoms with Gasteiger partial charge in [0.05, 0.1) is 13.2 Å². The molecule has 0 amide bonds. The highest BCUT2D eigenvalue weighted by molar-refractivity contribution is 14.0. The molecule has 1 heterocycles. The normalized spacial score (nSPS) is 20.2. The Labute approximate surface area is 151 Å². The average Bonchev–Trinajstić information content (AvgIpc) is 2.54. The van der Waals surface area contributed by atoms with E-state index in [1.165, 1.54) is 25.7 Å². The van der Waals surface area contributed by atoms with Crippen LogP contribution in [0.1, 0.15) is 38.5 Å². The van der Waals surface area contributed by atoms with Crippen molar-refractivity contribution in [1.82, 2.24) is 10.2 Å². The molecular weight excluding hydrogens is 391 g/mol. The zero-order valence-corrected chi connectivity index (χ0v) is 15.9. The maximum absolute atomic E-state index is 5.89. The highest BCUT2D eigenvalue weighted by atomic mass is 127. The Hall–Kier alpha value is -0.340. The highest BCUT2D eigenvalue weighted by Crippen LogP contribution is 2.19. The van der Waals surface area contributed by atoms with Crippen molar-refractivity contribution in [3.8, 4) is 0 Å². The van der Waals surface area contributed by atoms with Crippen LogP contribution in [0.25, 0.3) is 0 Å². The number of nitrogens with zero attached hydrogens (tertiary/aromatic N) is 2. The Balaban J connectivity index is 0.00000242. The fraction of sp³-hybridized carbons (Fsp3) is 0.812. The first-order valence-corrected chi connectivity index (χ1v) is 8.36. The molecule has 0 unspecified atom stereocenters. The maximum Gasteiger partial charge on any atom is 0.188 e. The molecule has 128 valence electrons. The maximum atomic E-state index is 5.89. The number of guanidine groups is 1. The van der Waals surface area contributed by atoms with Crippen LogP contribution in [-0.2, 0) is 4.74 Å². The molecule has 2 aliphatic rings. The molecule has 0 saturated carbocycles. The third kappa shape index (κ3) is 8.33. The lowest BCUT2D eigenvalue weighted by Crippen LogP contribution is -2.37. The van der Waals surface area contributed by atoms with E-state index in [-0.39, 0.29) is 24.0 Å². The van der Waals surface area contributed by atoms with Gasteiger partial charge in [-0.3, -0.25) is 9.89 Å². The predicted octanol–water partition coefficient (Wildman–Crippen LogP) is 2.12. The van der Waals surface area contributed by atoms with Crippen LogP contribution in [0.4, 0.5) is 0 Å². The van der Waals surface area contributed by atoms with E-state index in [0.717, 1.165) is 58.8 Å². The first kappa shape index (κ1) is 19.7. The standard InChI is InChI=1S/C16H30N4O.HI/c17-16(19-9-7-15-5-2-1-3-6-15)18-8-4-10-20-11-13-21-14-12-20;/h5H,1-4,6-14H2,(H3,17,18,19);1H. The monoisotopic (exact) mass is 422 g/mol. The molecule has 1 aliphatic heterocycles. The summed E-state index contributed by atoms with van der Waals surface area (Å²) in [7, 11) is 0. The van der Waals surface area contributed by atoms with Gasteiger partial charge in [-0.15, -0.1) is 24.0 Å². The molecule has 6 heteroatoms. The van der Waals surface area contributed by atoms with Crippen LogP contribution in [0, 0.1) is 0 Å². The van der Waals surface area contributed by atoms with E-state index in [2.05, 4.69) is 21.3 Å². The Morgan fingerprint density at radius 2 is 2.14 bits per heavy atom. The molecule has 0 bridgehead atoms. The molecule has 1 aliphatic carbocycles. The summed E-state index contributed by atoms with van der Waals surface area (Å²) in [5.41, 5.74) is 7.47. The second kappa shape index (κ2) is 12.1. The molecule has 5 nitrogen and oxygen atoms in total. The van der Waals surface area contributed by atoms with E-state index < -0.39 is 0 Å². The van der Waals surface area contributed by atoms with Gasteiger partial charge in [-0.25, -0.2) is 0 Å². The quantitative estimate of drug-likeness (QED) is 0.217. The number of rotatable bonds is 7. The Morgan fingerprint density at radius 3 is 2.86 bits per heavy atom. The van der Waals surface area contributed by atoms with Crippen LogP contribution in [0.2, 0.25) is 0 Å². The van der Waals surface area contributed by atoms with Crippen molar-refractivity contribution in [2.45, 2.75) is 38.5 Å². The summed E-state index contributed by atoms with van der Waals surface area (Å²) in [5.74, 6) is 0.591. The minimum absolute atomic E-state index is 0. The van der Waals surface area contributed by atoms with Crippen molar-refractivity contribution in [2.24, 2.45) is 10.7 Å². The number of halogens is 1. The first-order chi connectivity index (χ1) is 10.3. The number of hydrogen-bond acceptors (Lipinski definition) is 3. The Morgan fingerprint density at radius 1 is 1.32 bits per heavy atom. The largest absolute Gasteiger partial charge is 0.379 e. The molecule has 1 saturated heterocycles. The smallest absolute Gasteiger partial charge is 0.188 e. The van der Waals surface area contributed by atoms with Gasteiger partial charge in [0.25, 0.3) is 0 Å². The van der Waals surface area contributed by atoms with Gasteiger partial charge < -0.3 is 15.8 Å². The topological polar surface area (TPSA) is 62.9 Å². The summed E-state index contributed by atoms with van der Waals surface area (Å²) >= 11 is 0. The van der Waals surface area contributed by atoms with Gasteiger partial charge in [-0.1, -0.05) is 11.6 Å². The second-order valence-electron chi connectivity index (χ2n) is 5.86. The fourth-order valence-electron chi connectivity index (χ4n) is 2.86. The van der Waals surface area contributed by atoms with Crippen LogP contribution < -0.4 is 11.1 Å². The molecule has 0 aromatic heterocycles. The molecule has 0 radical (unpaired) electrons. The summed E-state index contributed by atoms with van der Waals surface area (Å²) < 4.78 is 5.33. The summed E-state index contributed by atoms with van der Waals surface area (Å²) in [4.78, 5) is 6.83. The van der Waals surface area contributed by atoms with Gasteiger partial charge in [-0.2, -0.15) is 0 Å². The fourth-order valence-corrected chi connectivity index (χ4v) is 2.86. The van der Waals surface area contributed by atoms with Crippen LogP contribution in [0.5, 0.6) is 0 Å². The number of ether oxygens (including phenoxy) is 1. The van der Waals surface area contributed by atoms with E-state index in [0.29, 0.717) is 5.96 Å². The van der Waals surface area contributed by atoms with E-state index in [4.69, 9.17) is 10.5 Å². The third-order valence-corrected chi connectivity index (χ3v) is 4.16. The van der Waals surface area contributed by atoms with Crippen LogP contribution in [-0.4, -0.2) is 56.8 Å². The number of nitrogens with one attached hydrogen (secondary N) is 1. The van der Waals surface area contributed by atoms with Gasteiger partial charge in [-0.05, 0) is 38.5 Å². The molecule has 0 spiro atoms. The molecule has 2 rings (SSSR count). The summed E-state index contributed by atoms with van der Waals surface area (Å²) in [6, 6.07) is 0. The summed E-state index contributed by atoms with van der Waals surface area (Å²) in [5, 5.41) is 3.22. The number of nitrogens with two attached hydrogens (primary N) is 1. The third-order valence-electron chi connectivity index (χ3n) is 4.16. The van der Waals surface area contributed by atoms with Crippen molar-refractivity contribution >= 4 is 29.9 Å². The van der Waals surface area contributed by atoms with E-state index in [1.54, 1.807) is 5.57 Å². The van der Waals surface area contributed by atoms with E-state index >= 15 is 0 Å². The lowest BCUT2D eigenvalue weighted by molar-refractivity contribution is 0.0377. The average molecular weight is 422 g/mol. The number of aliphatic imine (C=N–C) groups is 1. The molecular formula is C16H31IN4O. The first-order valence-electron chi connectivity index (χ1n) is 8.36. The Kier molecular flexibility index (Phi) is 10.9. The van der Waals surface area contributed by atoms with Gasteiger partial charge in [0.2, 0.25) is 0 Å². The lowest BCUT2D eigenvalue weighted by Gasteiger charge is -2.26. The minimum atomic E-state index is 0. The number of hydrogen-bond donors (Lipinski definition) is 2. The van der Waals surface area contributed by atoms with Crippen molar-refractivity contribution < 1.29 is 4.74 Å². The van der Waals surface area contributed by atoms with E-state index in [9.17, 15) is 0 Å². The molecule has 0 atom stereocenters. The molecule has 1 fully saturated rings. The predicted molar refractivity (Wildman–Crippen MR) is 103 cm³/mol. The molecule has 0 aromatic rings. The lowest BCUT2D eigenvalue weighted by atomic mass is 9.97. The van der Waals surface area contributed by atoms with Gasteiger partial charge in [0.1, 0.15) is 0 Å². The second-order valence-corrected chi connectivity index (χ2v) is 5.86. The van der Waals surface area contributed by atoms with Crippen molar-refractivity contribution in [3.05, 3.63) is 11.6 Å². The minimum Gasteiger partial charge on any atom is -0.379 e. The van der Waals surface area contributed by atoms with Crippen molar-refractivity contribution in [1.29, 1.82) is 0 Å². The van der Waals surface area contributed by atoms with Gasteiger partial charge >= 0.3 is 0 Å². The zero-order valence-electron chi connectivity index (χ0n) is 13.6. The van der Waals surface area contributed by atoms with Crippen LogP contribution in [0.15, 0.2) is 16.6 Å². The van der Waals surface area contributed by atoms with E-state index in [1.807, 2.05) is 0 Å². The SMILES string of the molecule is I.NC(=NCCCN1CCOCC1)NCCC1=CCCCC1. The summed E-state index contributed by atoms with van der Waals surface area (Å²) in [6.07, 6.45) is 9.76. The Bertz CT molecular complexity index is 354. The highest BCUT2D eigenvalue weighted by Gasteiger charge is 2.08. The molecule has 3 N–H and O–H groups in total. The van der Waals surface area contributed by atoms with Gasteiger partial charge in [0, 0.05) is 32.7 Å². The summed E-state index contributed by atoms with van der Waals surface area (Å²) in [6.45, 7) is 6.63. The molecule has 22 heavy (non-hydrogen) atoms.